The number of aromatic amines is 1. The van der Waals surface area contributed by atoms with Crippen molar-refractivity contribution >= 4 is 5.91 Å². The van der Waals surface area contributed by atoms with Crippen LogP contribution in [-0.4, -0.2) is 31.2 Å². The highest BCUT2D eigenvalue weighted by atomic mass is 16.3. The maximum atomic E-state index is 12.8. The fraction of sp³-hybridized carbons (Fsp3) is 0.300. The van der Waals surface area contributed by atoms with Gasteiger partial charge in [-0.15, -0.1) is 0 Å². The van der Waals surface area contributed by atoms with Crippen molar-refractivity contribution in [1.82, 2.24) is 25.5 Å². The maximum Gasteiger partial charge on any atom is 0.252 e. The summed E-state index contributed by atoms with van der Waals surface area (Å²) in [5.74, 6) is 0.291. The average molecular weight is 365 g/mol. The van der Waals surface area contributed by atoms with E-state index in [9.17, 15) is 9.90 Å². The van der Waals surface area contributed by atoms with Gasteiger partial charge in [0.15, 0.2) is 0 Å². The van der Waals surface area contributed by atoms with Crippen molar-refractivity contribution in [3.05, 3.63) is 65.4 Å². The van der Waals surface area contributed by atoms with E-state index in [1.807, 2.05) is 38.1 Å². The van der Waals surface area contributed by atoms with Gasteiger partial charge in [0.2, 0.25) is 0 Å². The molecule has 0 saturated heterocycles. The summed E-state index contributed by atoms with van der Waals surface area (Å²) in [6, 6.07) is 10.9. The van der Waals surface area contributed by atoms with E-state index in [2.05, 4.69) is 25.5 Å². The van der Waals surface area contributed by atoms with Gasteiger partial charge in [-0.25, -0.2) is 9.97 Å². The molecule has 0 fully saturated rings. The molecule has 140 valence electrons. The number of aryl methyl sites for hydroxylation is 1. The number of benzene rings is 1. The van der Waals surface area contributed by atoms with Gasteiger partial charge in [0.05, 0.1) is 17.4 Å². The normalized spacial score (nSPS) is 12.6. The molecule has 1 aromatic carbocycles. The minimum absolute atomic E-state index is 0.278. The minimum atomic E-state index is -1.17. The first-order valence-corrected chi connectivity index (χ1v) is 8.72. The molecule has 0 aliphatic carbocycles. The number of aliphatic hydroxyl groups is 1. The number of pyridine rings is 1. The second kappa shape index (κ2) is 7.28. The predicted molar refractivity (Wildman–Crippen MR) is 102 cm³/mol. The van der Waals surface area contributed by atoms with Gasteiger partial charge >= 0.3 is 0 Å². The number of rotatable bonds is 5. The number of nitrogens with one attached hydrogen (secondary N) is 2. The van der Waals surface area contributed by atoms with Crippen molar-refractivity contribution in [3.63, 3.8) is 0 Å². The van der Waals surface area contributed by atoms with Gasteiger partial charge in [-0.3, -0.25) is 9.89 Å². The van der Waals surface area contributed by atoms with Crippen LogP contribution in [-0.2, 0) is 5.60 Å². The zero-order valence-electron chi connectivity index (χ0n) is 15.8. The number of hydrogen-bond acceptors (Lipinski definition) is 5. The quantitative estimate of drug-likeness (QED) is 0.645. The van der Waals surface area contributed by atoms with Crippen molar-refractivity contribution in [2.24, 2.45) is 0 Å². The topological polar surface area (TPSA) is 104 Å². The number of aromatic nitrogens is 4. The van der Waals surface area contributed by atoms with Crippen molar-refractivity contribution in [2.45, 2.75) is 39.3 Å². The number of carbonyl (C=O) groups is 1. The van der Waals surface area contributed by atoms with Crippen LogP contribution in [0.2, 0.25) is 0 Å². The average Bonchev–Trinajstić information content (AvgIpc) is 3.16. The first kappa shape index (κ1) is 18.7. The maximum absolute atomic E-state index is 12.8. The van der Waals surface area contributed by atoms with E-state index in [1.54, 1.807) is 26.0 Å². The molecule has 0 radical (unpaired) electrons. The number of nitrogens with zero attached hydrogens (tertiary/aromatic N) is 3. The molecule has 0 bridgehead atoms. The summed E-state index contributed by atoms with van der Waals surface area (Å²) in [7, 11) is 0. The molecule has 1 unspecified atom stereocenters. The lowest BCUT2D eigenvalue weighted by Crippen LogP contribution is -2.28. The highest BCUT2D eigenvalue weighted by molar-refractivity contribution is 5.95. The van der Waals surface area contributed by atoms with Crippen LogP contribution >= 0.6 is 0 Å². The number of hydrogen-bond donors (Lipinski definition) is 3. The Labute approximate surface area is 157 Å². The largest absolute Gasteiger partial charge is 0.384 e. The highest BCUT2D eigenvalue weighted by Crippen LogP contribution is 2.25. The van der Waals surface area contributed by atoms with Crippen molar-refractivity contribution in [1.29, 1.82) is 0 Å². The minimum Gasteiger partial charge on any atom is -0.384 e. The van der Waals surface area contributed by atoms with Crippen molar-refractivity contribution in [3.8, 4) is 11.3 Å². The summed E-state index contributed by atoms with van der Waals surface area (Å²) in [4.78, 5) is 21.4. The summed E-state index contributed by atoms with van der Waals surface area (Å²) in [5, 5.41) is 19.9. The molecule has 2 heterocycles. The van der Waals surface area contributed by atoms with Crippen LogP contribution in [0, 0.1) is 6.92 Å². The van der Waals surface area contributed by atoms with E-state index in [0.717, 1.165) is 11.1 Å². The molecule has 3 rings (SSSR count). The molecule has 2 aromatic heterocycles. The molecule has 0 aliphatic rings. The second-order valence-electron chi connectivity index (χ2n) is 7.12. The third-order valence-corrected chi connectivity index (χ3v) is 4.25. The Hall–Kier alpha value is -3.06. The molecule has 7 heteroatoms. The molecule has 7 nitrogen and oxygen atoms in total. The number of carbonyl (C=O) groups excluding carboxylic acids is 1. The van der Waals surface area contributed by atoms with E-state index in [4.69, 9.17) is 0 Å². The summed E-state index contributed by atoms with van der Waals surface area (Å²) < 4.78 is 0. The van der Waals surface area contributed by atoms with Crippen LogP contribution in [0.15, 0.2) is 42.7 Å². The Kier molecular flexibility index (Phi) is 5.05. The number of H-pyrrole nitrogens is 1. The molecule has 0 spiro atoms. The lowest BCUT2D eigenvalue weighted by molar-refractivity contribution is 0.0738. The van der Waals surface area contributed by atoms with Gasteiger partial charge in [0.25, 0.3) is 5.91 Å². The lowest BCUT2D eigenvalue weighted by Gasteiger charge is -2.19. The fourth-order valence-corrected chi connectivity index (χ4v) is 2.62. The Bertz CT molecular complexity index is 928. The first-order chi connectivity index (χ1) is 12.7. The Morgan fingerprint density at radius 1 is 1.22 bits per heavy atom. The van der Waals surface area contributed by atoms with E-state index in [0.29, 0.717) is 22.8 Å². The standard InChI is InChI=1S/C20H23N5O2/c1-12-5-7-14(8-6-12)16-9-15(10-17(24-16)20(3,4)27)19(26)23-13(2)18-21-11-22-25-18/h5-11,13,27H,1-4H3,(H,23,26)(H,21,22,25). The number of amides is 1. The Morgan fingerprint density at radius 3 is 2.52 bits per heavy atom. The molecule has 1 atom stereocenters. The van der Waals surface area contributed by atoms with Gasteiger partial charge in [-0.1, -0.05) is 29.8 Å². The zero-order chi connectivity index (χ0) is 19.6. The second-order valence-corrected chi connectivity index (χ2v) is 7.12. The van der Waals surface area contributed by atoms with Crippen LogP contribution < -0.4 is 5.32 Å². The van der Waals surface area contributed by atoms with Gasteiger partial charge in [-0.05, 0) is 39.8 Å². The fourth-order valence-electron chi connectivity index (χ4n) is 2.62. The van der Waals surface area contributed by atoms with Crippen LogP contribution in [0.4, 0.5) is 0 Å². The smallest absolute Gasteiger partial charge is 0.252 e. The van der Waals surface area contributed by atoms with Crippen molar-refractivity contribution in [2.75, 3.05) is 0 Å². The molecule has 27 heavy (non-hydrogen) atoms. The highest BCUT2D eigenvalue weighted by Gasteiger charge is 2.22. The lowest BCUT2D eigenvalue weighted by atomic mass is 9.99. The van der Waals surface area contributed by atoms with Crippen molar-refractivity contribution < 1.29 is 9.90 Å². The van der Waals surface area contributed by atoms with Gasteiger partial charge in [0, 0.05) is 11.1 Å². The monoisotopic (exact) mass is 365 g/mol. The van der Waals surface area contributed by atoms with Crippen LogP contribution in [0.1, 0.15) is 54.3 Å². The SMILES string of the molecule is Cc1ccc(-c2cc(C(=O)NC(C)c3ncn[nH]3)cc(C(C)(C)O)n2)cc1. The van der Waals surface area contributed by atoms with Gasteiger partial charge in [-0.2, -0.15) is 5.10 Å². The summed E-state index contributed by atoms with van der Waals surface area (Å²) in [6.07, 6.45) is 1.40. The third-order valence-electron chi connectivity index (χ3n) is 4.25. The predicted octanol–water partition coefficient (Wildman–Crippen LogP) is 2.89. The van der Waals surface area contributed by atoms with E-state index >= 15 is 0 Å². The molecule has 3 aromatic rings. The molecule has 0 aliphatic heterocycles. The third kappa shape index (κ3) is 4.38. The first-order valence-electron chi connectivity index (χ1n) is 8.72. The zero-order valence-corrected chi connectivity index (χ0v) is 15.8. The molecule has 1 amide bonds. The molecular formula is C20H23N5O2. The Balaban J connectivity index is 1.97. The van der Waals surface area contributed by atoms with Gasteiger partial charge in [0.1, 0.15) is 17.8 Å². The molecule has 0 saturated carbocycles. The van der Waals surface area contributed by atoms with E-state index < -0.39 is 5.60 Å². The van der Waals surface area contributed by atoms with Crippen LogP contribution in [0.3, 0.4) is 0 Å². The van der Waals surface area contributed by atoms with E-state index in [-0.39, 0.29) is 11.9 Å². The van der Waals surface area contributed by atoms with Crippen LogP contribution in [0.5, 0.6) is 0 Å². The summed E-state index contributed by atoms with van der Waals surface area (Å²) in [5.41, 5.74) is 2.32. The van der Waals surface area contributed by atoms with Crippen LogP contribution in [0.25, 0.3) is 11.3 Å². The molecule has 3 N–H and O–H groups in total. The summed E-state index contributed by atoms with van der Waals surface area (Å²) in [6.45, 7) is 7.12. The Morgan fingerprint density at radius 2 is 1.93 bits per heavy atom. The summed E-state index contributed by atoms with van der Waals surface area (Å²) >= 11 is 0. The van der Waals surface area contributed by atoms with E-state index in [1.165, 1.54) is 6.33 Å². The molecular weight excluding hydrogens is 342 g/mol. The van der Waals surface area contributed by atoms with Gasteiger partial charge < -0.3 is 10.4 Å².